The number of aromatic nitrogens is 5. The molecule has 0 atom stereocenters. The van der Waals surface area contributed by atoms with E-state index in [-0.39, 0.29) is 22.8 Å². The van der Waals surface area contributed by atoms with Crippen LogP contribution in [0, 0.1) is 11.6 Å². The summed E-state index contributed by atoms with van der Waals surface area (Å²) in [6, 6.07) is 10.1. The fourth-order valence-electron chi connectivity index (χ4n) is 6.38. The Morgan fingerprint density at radius 2 is 1.81 bits per heavy atom. The van der Waals surface area contributed by atoms with Gasteiger partial charge in [0.2, 0.25) is 0 Å². The molecule has 5 heterocycles. The first-order valence-electron chi connectivity index (χ1n) is 15.7. The van der Waals surface area contributed by atoms with Gasteiger partial charge < -0.3 is 19.2 Å². The van der Waals surface area contributed by atoms with Crippen LogP contribution in [0.3, 0.4) is 0 Å². The summed E-state index contributed by atoms with van der Waals surface area (Å²) < 4.78 is 43.3. The molecule has 1 aliphatic heterocycles. The normalized spacial score (nSPS) is 18.9. The third-order valence-electron chi connectivity index (χ3n) is 8.79. The second-order valence-corrected chi connectivity index (χ2v) is 11.8. The largest absolute Gasteiger partial charge is 0.492 e. The molecule has 47 heavy (non-hydrogen) atoms. The van der Waals surface area contributed by atoms with E-state index in [9.17, 15) is 23.2 Å². The topological polar surface area (TPSA) is 125 Å². The van der Waals surface area contributed by atoms with Crippen molar-refractivity contribution >= 4 is 22.6 Å². The van der Waals surface area contributed by atoms with Crippen molar-refractivity contribution in [2.24, 2.45) is 0 Å². The van der Waals surface area contributed by atoms with Gasteiger partial charge in [0.25, 0.3) is 11.5 Å². The minimum Gasteiger partial charge on any atom is -0.492 e. The van der Waals surface area contributed by atoms with Crippen LogP contribution in [-0.2, 0) is 4.74 Å². The highest BCUT2D eigenvalue weighted by Crippen LogP contribution is 2.28. The molecule has 2 fully saturated rings. The summed E-state index contributed by atoms with van der Waals surface area (Å²) in [5.74, 6) is -0.978. The van der Waals surface area contributed by atoms with Crippen LogP contribution >= 0.6 is 0 Å². The molecule has 0 bridgehead atoms. The summed E-state index contributed by atoms with van der Waals surface area (Å²) in [7, 11) is 0. The molecule has 1 aromatic carbocycles. The molecular weight excluding hydrogens is 612 g/mol. The van der Waals surface area contributed by atoms with Crippen molar-refractivity contribution in [3.05, 3.63) is 99.2 Å². The lowest BCUT2D eigenvalue weighted by Gasteiger charge is -2.30. The van der Waals surface area contributed by atoms with Gasteiger partial charge in [0.15, 0.2) is 5.65 Å². The van der Waals surface area contributed by atoms with E-state index in [4.69, 9.17) is 9.47 Å². The predicted octanol–water partition coefficient (Wildman–Crippen LogP) is 3.10. The first kappa shape index (κ1) is 30.7. The van der Waals surface area contributed by atoms with E-state index in [1.54, 1.807) is 24.3 Å². The van der Waals surface area contributed by atoms with Crippen LogP contribution in [0.25, 0.3) is 22.4 Å². The van der Waals surface area contributed by atoms with Gasteiger partial charge in [-0.3, -0.25) is 19.1 Å². The molecular formula is C33H33F2N7O5. The number of hydrogen-bond donors (Lipinski definition) is 1. The molecule has 244 valence electrons. The molecule has 14 heteroatoms. The van der Waals surface area contributed by atoms with Gasteiger partial charge in [-0.1, -0.05) is 6.07 Å². The van der Waals surface area contributed by atoms with E-state index >= 15 is 0 Å². The highest BCUT2D eigenvalue weighted by atomic mass is 19.1. The molecule has 12 nitrogen and oxygen atoms in total. The van der Waals surface area contributed by atoms with Gasteiger partial charge >= 0.3 is 5.69 Å². The van der Waals surface area contributed by atoms with Crippen molar-refractivity contribution in [2.45, 2.75) is 37.8 Å². The van der Waals surface area contributed by atoms with E-state index in [0.29, 0.717) is 62.6 Å². The Morgan fingerprint density at radius 3 is 2.62 bits per heavy atom. The number of carbonyl (C=O) groups is 1. The third kappa shape index (κ3) is 6.38. The first-order chi connectivity index (χ1) is 22.8. The third-order valence-corrected chi connectivity index (χ3v) is 8.79. The summed E-state index contributed by atoms with van der Waals surface area (Å²) in [6.45, 7) is 4.23. The van der Waals surface area contributed by atoms with Crippen LogP contribution < -0.4 is 21.3 Å². The molecule has 1 amide bonds. The molecule has 7 rings (SSSR count). The van der Waals surface area contributed by atoms with Crippen LogP contribution in [0.4, 0.5) is 8.78 Å². The van der Waals surface area contributed by atoms with Gasteiger partial charge in [0, 0.05) is 50.2 Å². The Kier molecular flexibility index (Phi) is 8.52. The van der Waals surface area contributed by atoms with Gasteiger partial charge in [0.1, 0.15) is 35.3 Å². The zero-order chi connectivity index (χ0) is 32.5. The smallest absolute Gasteiger partial charge is 0.337 e. The maximum absolute atomic E-state index is 14.4. The predicted molar refractivity (Wildman–Crippen MR) is 168 cm³/mol. The number of morpholine rings is 1. The Bertz CT molecular complexity index is 2060. The number of ether oxygens (including phenoxy) is 2. The molecule has 0 radical (unpaired) electrons. The van der Waals surface area contributed by atoms with Crippen molar-refractivity contribution < 1.29 is 23.0 Å². The number of pyridine rings is 2. The minimum absolute atomic E-state index is 0.0121. The Hall–Kier alpha value is -4.95. The number of fused-ring (bicyclic) bond motifs is 2. The molecule has 0 spiro atoms. The zero-order valence-electron chi connectivity index (χ0n) is 25.5. The number of benzene rings is 1. The SMILES string of the molecule is O=C(NC1CCC(n2c(=O)c3cc(F)cnc3n(-c3cccc(OCCN4CCOCC4)c3)c2=O)CC1)c1cn2cc(F)ccc2n1. The lowest BCUT2D eigenvalue weighted by molar-refractivity contribution is 0.0322. The quantitative estimate of drug-likeness (QED) is 0.273. The molecule has 4 aromatic heterocycles. The van der Waals surface area contributed by atoms with Gasteiger partial charge in [-0.25, -0.2) is 28.1 Å². The van der Waals surface area contributed by atoms with E-state index in [1.165, 1.54) is 38.1 Å². The number of nitrogens with zero attached hydrogens (tertiary/aromatic N) is 6. The van der Waals surface area contributed by atoms with E-state index in [0.717, 1.165) is 31.9 Å². The summed E-state index contributed by atoms with van der Waals surface area (Å²) >= 11 is 0. The molecule has 1 saturated heterocycles. The Morgan fingerprint density at radius 1 is 1.00 bits per heavy atom. The standard InChI is InChI=1S/C33H33F2N7O5/c34-21-4-9-29-38-28(20-40(29)19-21)31(43)37-23-5-7-24(8-6-23)42-32(44)27-16-22(35)18-36-30(27)41(33(42)45)25-2-1-3-26(17-25)47-15-12-39-10-13-46-14-11-39/h1-4,9,16-20,23-24H,5-8,10-15H2,(H,37,43). The molecule has 1 N–H and O–H groups in total. The number of halogens is 2. The van der Waals surface area contributed by atoms with E-state index < -0.39 is 34.8 Å². The first-order valence-corrected chi connectivity index (χ1v) is 15.7. The second kappa shape index (κ2) is 13.0. The summed E-state index contributed by atoms with van der Waals surface area (Å²) in [5, 5.41) is 2.96. The second-order valence-electron chi connectivity index (χ2n) is 11.8. The summed E-state index contributed by atoms with van der Waals surface area (Å²) in [5.41, 5.74) is -0.107. The molecule has 2 aliphatic rings. The lowest BCUT2D eigenvalue weighted by atomic mass is 9.90. The highest BCUT2D eigenvalue weighted by molar-refractivity contribution is 5.93. The van der Waals surface area contributed by atoms with Crippen molar-refractivity contribution in [1.29, 1.82) is 0 Å². The van der Waals surface area contributed by atoms with Crippen molar-refractivity contribution in [3.8, 4) is 11.4 Å². The average Bonchev–Trinajstić information content (AvgIpc) is 3.50. The Balaban J connectivity index is 1.11. The fraction of sp³-hybridized carbons (Fsp3) is 0.364. The Labute approximate surface area is 267 Å². The monoisotopic (exact) mass is 645 g/mol. The number of hydrogen-bond acceptors (Lipinski definition) is 8. The van der Waals surface area contributed by atoms with Crippen LogP contribution in [-0.4, -0.2) is 79.8 Å². The van der Waals surface area contributed by atoms with Gasteiger partial charge in [-0.2, -0.15) is 0 Å². The summed E-state index contributed by atoms with van der Waals surface area (Å²) in [4.78, 5) is 51.4. The zero-order valence-corrected chi connectivity index (χ0v) is 25.5. The molecule has 1 saturated carbocycles. The maximum atomic E-state index is 14.4. The fourth-order valence-corrected chi connectivity index (χ4v) is 6.38. The van der Waals surface area contributed by atoms with Crippen LogP contribution in [0.5, 0.6) is 5.75 Å². The van der Waals surface area contributed by atoms with Crippen LogP contribution in [0.15, 0.2) is 70.6 Å². The van der Waals surface area contributed by atoms with Gasteiger partial charge in [0.05, 0.1) is 30.5 Å². The number of rotatable bonds is 8. The van der Waals surface area contributed by atoms with E-state index in [2.05, 4.69) is 20.2 Å². The highest BCUT2D eigenvalue weighted by Gasteiger charge is 2.28. The molecule has 5 aromatic rings. The van der Waals surface area contributed by atoms with Gasteiger partial charge in [-0.15, -0.1) is 0 Å². The van der Waals surface area contributed by atoms with Crippen molar-refractivity contribution in [3.63, 3.8) is 0 Å². The summed E-state index contributed by atoms with van der Waals surface area (Å²) in [6.07, 6.45) is 5.54. The molecule has 1 aliphatic carbocycles. The minimum atomic E-state index is -0.687. The number of imidazole rings is 1. The van der Waals surface area contributed by atoms with Crippen molar-refractivity contribution in [1.82, 2.24) is 33.7 Å². The number of nitrogens with one attached hydrogen (secondary N) is 1. The number of amides is 1. The van der Waals surface area contributed by atoms with Crippen LogP contribution in [0.2, 0.25) is 0 Å². The number of carbonyl (C=O) groups excluding carboxylic acids is 1. The molecule has 0 unspecified atom stereocenters. The maximum Gasteiger partial charge on any atom is 0.337 e. The van der Waals surface area contributed by atoms with Crippen LogP contribution in [0.1, 0.15) is 42.2 Å². The average molecular weight is 646 g/mol. The van der Waals surface area contributed by atoms with E-state index in [1.807, 2.05) is 0 Å². The van der Waals surface area contributed by atoms with Gasteiger partial charge in [-0.05, 0) is 56.0 Å². The van der Waals surface area contributed by atoms with Crippen molar-refractivity contribution in [2.75, 3.05) is 39.5 Å². The lowest BCUT2D eigenvalue weighted by Crippen LogP contribution is -2.45.